The first-order chi connectivity index (χ1) is 9.47. The Kier molecular flexibility index (Phi) is 5.85. The number of aliphatic hydroxyl groups is 1. The van der Waals surface area contributed by atoms with Crippen molar-refractivity contribution in [2.75, 3.05) is 25.9 Å². The van der Waals surface area contributed by atoms with Gasteiger partial charge in [0.2, 0.25) is 0 Å². The average Bonchev–Trinajstić information content (AvgIpc) is 2.42. The van der Waals surface area contributed by atoms with E-state index in [-0.39, 0.29) is 23.7 Å². The molecule has 0 radical (unpaired) electrons. The third-order valence-electron chi connectivity index (χ3n) is 2.83. The van der Waals surface area contributed by atoms with Crippen molar-refractivity contribution in [2.24, 2.45) is 0 Å². The van der Waals surface area contributed by atoms with Crippen LogP contribution in [0, 0.1) is 10.1 Å². The molecule has 3 N–H and O–H groups in total. The van der Waals surface area contributed by atoms with Crippen LogP contribution in [0.1, 0.15) is 29.6 Å². The average molecular weight is 282 g/mol. The predicted molar refractivity (Wildman–Crippen MR) is 73.2 cm³/mol. The van der Waals surface area contributed by atoms with E-state index in [1.54, 1.807) is 7.05 Å². The zero-order valence-corrected chi connectivity index (χ0v) is 11.3. The second kappa shape index (κ2) is 7.39. The van der Waals surface area contributed by atoms with Crippen molar-refractivity contribution >= 4 is 17.4 Å². The van der Waals surface area contributed by atoms with Crippen LogP contribution in [0.4, 0.5) is 11.5 Å². The number of carbonyl (C=O) groups is 1. The SMILES string of the molecule is CN(CCCCCO)C(=O)c1cc(N)ncc1[N+](=O)[O-]. The number of unbranched alkanes of at least 4 members (excludes halogenated alkanes) is 2. The van der Waals surface area contributed by atoms with Gasteiger partial charge in [-0.25, -0.2) is 4.98 Å². The Balaban J connectivity index is 2.80. The number of pyridine rings is 1. The second-order valence-corrected chi connectivity index (χ2v) is 4.39. The first-order valence-electron chi connectivity index (χ1n) is 6.23. The van der Waals surface area contributed by atoms with Gasteiger partial charge in [0.15, 0.2) is 0 Å². The van der Waals surface area contributed by atoms with Crippen LogP contribution < -0.4 is 5.73 Å². The first-order valence-corrected chi connectivity index (χ1v) is 6.23. The lowest BCUT2D eigenvalue weighted by atomic mass is 10.2. The van der Waals surface area contributed by atoms with E-state index < -0.39 is 10.8 Å². The Labute approximate surface area is 116 Å². The van der Waals surface area contributed by atoms with Crippen LogP contribution in [-0.2, 0) is 0 Å². The van der Waals surface area contributed by atoms with E-state index in [1.165, 1.54) is 11.0 Å². The number of nitro groups is 1. The van der Waals surface area contributed by atoms with Crippen LogP contribution in [0.3, 0.4) is 0 Å². The molecule has 110 valence electrons. The molecule has 0 spiro atoms. The quantitative estimate of drug-likeness (QED) is 0.433. The van der Waals surface area contributed by atoms with Gasteiger partial charge in [-0.1, -0.05) is 0 Å². The van der Waals surface area contributed by atoms with E-state index in [0.717, 1.165) is 19.0 Å². The molecular formula is C12H18N4O4. The largest absolute Gasteiger partial charge is 0.396 e. The molecule has 0 aliphatic heterocycles. The van der Waals surface area contributed by atoms with E-state index >= 15 is 0 Å². The normalized spacial score (nSPS) is 10.3. The van der Waals surface area contributed by atoms with Crippen molar-refractivity contribution in [3.05, 3.63) is 27.9 Å². The summed E-state index contributed by atoms with van der Waals surface area (Å²) in [7, 11) is 1.57. The molecule has 0 saturated carbocycles. The van der Waals surface area contributed by atoms with Crippen LogP contribution in [-0.4, -0.2) is 46.0 Å². The number of nitrogens with two attached hydrogens (primary N) is 1. The lowest BCUT2D eigenvalue weighted by Gasteiger charge is -2.17. The summed E-state index contributed by atoms with van der Waals surface area (Å²) >= 11 is 0. The van der Waals surface area contributed by atoms with Gasteiger partial charge in [0.05, 0.1) is 4.92 Å². The molecule has 1 amide bonds. The topological polar surface area (TPSA) is 123 Å². The second-order valence-electron chi connectivity index (χ2n) is 4.39. The summed E-state index contributed by atoms with van der Waals surface area (Å²) in [5.74, 6) is -0.401. The highest BCUT2D eigenvalue weighted by molar-refractivity contribution is 5.98. The number of hydrogen-bond acceptors (Lipinski definition) is 6. The minimum Gasteiger partial charge on any atom is -0.396 e. The fraction of sp³-hybridized carbons (Fsp3) is 0.500. The Morgan fingerprint density at radius 3 is 2.80 bits per heavy atom. The van der Waals surface area contributed by atoms with Crippen LogP contribution in [0.5, 0.6) is 0 Å². The highest BCUT2D eigenvalue weighted by Crippen LogP contribution is 2.20. The highest BCUT2D eigenvalue weighted by Gasteiger charge is 2.23. The molecule has 0 unspecified atom stereocenters. The number of nitrogens with zero attached hydrogens (tertiary/aromatic N) is 3. The summed E-state index contributed by atoms with van der Waals surface area (Å²) in [6, 6.07) is 1.21. The number of rotatable bonds is 7. The van der Waals surface area contributed by atoms with Gasteiger partial charge in [-0.3, -0.25) is 14.9 Å². The molecule has 0 aliphatic carbocycles. The molecule has 0 bridgehead atoms. The molecule has 0 fully saturated rings. The van der Waals surface area contributed by atoms with Gasteiger partial charge in [-0.15, -0.1) is 0 Å². The molecule has 1 aromatic heterocycles. The summed E-state index contributed by atoms with van der Waals surface area (Å²) in [6.45, 7) is 0.572. The minimum atomic E-state index is -0.653. The van der Waals surface area contributed by atoms with Gasteiger partial charge < -0.3 is 15.7 Å². The van der Waals surface area contributed by atoms with Crippen LogP contribution in [0.25, 0.3) is 0 Å². The van der Waals surface area contributed by atoms with Gasteiger partial charge in [0.25, 0.3) is 11.6 Å². The van der Waals surface area contributed by atoms with Crippen molar-refractivity contribution in [1.29, 1.82) is 0 Å². The standard InChI is InChI=1S/C12H18N4O4/c1-15(5-3-2-4-6-17)12(18)9-7-11(13)14-8-10(9)16(19)20/h7-8,17H,2-6H2,1H3,(H2,13,14). The lowest BCUT2D eigenvalue weighted by molar-refractivity contribution is -0.385. The zero-order valence-electron chi connectivity index (χ0n) is 11.3. The number of aromatic nitrogens is 1. The Morgan fingerprint density at radius 1 is 1.50 bits per heavy atom. The zero-order chi connectivity index (χ0) is 15.1. The highest BCUT2D eigenvalue weighted by atomic mass is 16.6. The third-order valence-corrected chi connectivity index (χ3v) is 2.83. The van der Waals surface area contributed by atoms with Gasteiger partial charge in [-0.05, 0) is 25.3 Å². The Hall–Kier alpha value is -2.22. The third kappa shape index (κ3) is 4.16. The lowest BCUT2D eigenvalue weighted by Crippen LogP contribution is -2.28. The number of nitrogen functional groups attached to an aromatic ring is 1. The monoisotopic (exact) mass is 282 g/mol. The van der Waals surface area contributed by atoms with Crippen molar-refractivity contribution in [3.63, 3.8) is 0 Å². The van der Waals surface area contributed by atoms with Gasteiger partial charge in [0.1, 0.15) is 17.6 Å². The van der Waals surface area contributed by atoms with Gasteiger partial charge >= 0.3 is 0 Å². The summed E-state index contributed by atoms with van der Waals surface area (Å²) in [4.78, 5) is 27.4. The summed E-state index contributed by atoms with van der Waals surface area (Å²) in [5.41, 5.74) is 5.06. The summed E-state index contributed by atoms with van der Waals surface area (Å²) < 4.78 is 0. The van der Waals surface area contributed by atoms with E-state index in [4.69, 9.17) is 10.8 Å². The number of carbonyl (C=O) groups excluding carboxylic acids is 1. The van der Waals surface area contributed by atoms with Crippen LogP contribution >= 0.6 is 0 Å². The van der Waals surface area contributed by atoms with Crippen molar-refractivity contribution in [2.45, 2.75) is 19.3 Å². The van der Waals surface area contributed by atoms with Crippen molar-refractivity contribution in [1.82, 2.24) is 9.88 Å². The van der Waals surface area contributed by atoms with Crippen molar-refractivity contribution in [3.8, 4) is 0 Å². The van der Waals surface area contributed by atoms with E-state index in [0.29, 0.717) is 13.0 Å². The minimum absolute atomic E-state index is 0.0626. The molecule has 1 aromatic rings. The molecule has 0 saturated heterocycles. The molecular weight excluding hydrogens is 264 g/mol. The van der Waals surface area contributed by atoms with E-state index in [1.807, 2.05) is 0 Å². The van der Waals surface area contributed by atoms with Gasteiger partial charge in [-0.2, -0.15) is 0 Å². The Morgan fingerprint density at radius 2 is 2.20 bits per heavy atom. The molecule has 8 nitrogen and oxygen atoms in total. The van der Waals surface area contributed by atoms with Crippen molar-refractivity contribution < 1.29 is 14.8 Å². The van der Waals surface area contributed by atoms with Crippen LogP contribution in [0.15, 0.2) is 12.3 Å². The fourth-order valence-corrected chi connectivity index (χ4v) is 1.73. The molecule has 1 rings (SSSR count). The maximum Gasteiger partial charge on any atom is 0.300 e. The molecule has 1 heterocycles. The maximum absolute atomic E-state index is 12.2. The predicted octanol–water partition coefficient (Wildman–Crippen LogP) is 0.807. The number of aliphatic hydroxyl groups excluding tert-OH is 1. The molecule has 0 atom stereocenters. The maximum atomic E-state index is 12.2. The molecule has 0 aromatic carbocycles. The molecule has 0 aliphatic rings. The number of anilines is 1. The first kappa shape index (κ1) is 15.8. The summed E-state index contributed by atoms with van der Waals surface area (Å²) in [5, 5.41) is 19.6. The van der Waals surface area contributed by atoms with Crippen LogP contribution in [0.2, 0.25) is 0 Å². The number of hydrogen-bond donors (Lipinski definition) is 2. The molecule has 8 heteroatoms. The molecule has 20 heavy (non-hydrogen) atoms. The Bertz CT molecular complexity index is 492. The van der Waals surface area contributed by atoms with Gasteiger partial charge in [0, 0.05) is 20.2 Å². The van der Waals surface area contributed by atoms with E-state index in [9.17, 15) is 14.9 Å². The van der Waals surface area contributed by atoms with E-state index in [2.05, 4.69) is 4.98 Å². The number of amides is 1. The smallest absolute Gasteiger partial charge is 0.300 e. The fourth-order valence-electron chi connectivity index (χ4n) is 1.73. The summed E-state index contributed by atoms with van der Waals surface area (Å²) in [6.07, 6.45) is 3.17.